The van der Waals surface area contributed by atoms with E-state index in [0.29, 0.717) is 23.1 Å². The number of hydrogen-bond acceptors (Lipinski definition) is 4. The van der Waals surface area contributed by atoms with Gasteiger partial charge < -0.3 is 10.5 Å². The van der Waals surface area contributed by atoms with Gasteiger partial charge in [0.1, 0.15) is 0 Å². The Morgan fingerprint density at radius 3 is 2.83 bits per heavy atom. The van der Waals surface area contributed by atoms with Gasteiger partial charge >= 0.3 is 5.97 Å². The number of ether oxygens (including phenoxy) is 1. The topological polar surface area (TPSA) is 52.3 Å². The first-order valence-corrected chi connectivity index (χ1v) is 7.32. The SMILES string of the molecule is CCOC(=O)c1cc(SC2CCCC2)ccc1N. The zero-order chi connectivity index (χ0) is 13.0. The van der Waals surface area contributed by atoms with Gasteiger partial charge in [-0.25, -0.2) is 4.79 Å². The molecule has 98 valence electrons. The zero-order valence-electron chi connectivity index (χ0n) is 10.6. The van der Waals surface area contributed by atoms with E-state index in [1.54, 1.807) is 13.0 Å². The fraction of sp³-hybridized carbons (Fsp3) is 0.500. The quantitative estimate of drug-likeness (QED) is 0.669. The Hall–Kier alpha value is -1.16. The minimum Gasteiger partial charge on any atom is -0.462 e. The number of rotatable bonds is 4. The smallest absolute Gasteiger partial charge is 0.340 e. The first-order valence-electron chi connectivity index (χ1n) is 6.44. The second-order valence-electron chi connectivity index (χ2n) is 4.49. The van der Waals surface area contributed by atoms with E-state index in [0.717, 1.165) is 4.90 Å². The highest BCUT2D eigenvalue weighted by Gasteiger charge is 2.18. The first kappa shape index (κ1) is 13.3. The molecule has 1 aromatic carbocycles. The van der Waals surface area contributed by atoms with E-state index in [1.165, 1.54) is 25.7 Å². The summed E-state index contributed by atoms with van der Waals surface area (Å²) in [6, 6.07) is 5.64. The Balaban J connectivity index is 2.12. The van der Waals surface area contributed by atoms with Gasteiger partial charge in [-0.1, -0.05) is 12.8 Å². The summed E-state index contributed by atoms with van der Waals surface area (Å²) >= 11 is 1.85. The molecule has 0 saturated heterocycles. The first-order chi connectivity index (χ1) is 8.70. The number of hydrogen-bond donors (Lipinski definition) is 1. The molecule has 4 heteroatoms. The van der Waals surface area contributed by atoms with Crippen molar-refractivity contribution in [2.45, 2.75) is 42.8 Å². The van der Waals surface area contributed by atoms with E-state index in [2.05, 4.69) is 0 Å². The van der Waals surface area contributed by atoms with E-state index in [9.17, 15) is 4.79 Å². The summed E-state index contributed by atoms with van der Waals surface area (Å²) in [5.41, 5.74) is 6.79. The molecule has 0 unspecified atom stereocenters. The van der Waals surface area contributed by atoms with Gasteiger partial charge in [0, 0.05) is 15.8 Å². The maximum absolute atomic E-state index is 11.7. The minimum atomic E-state index is -0.330. The van der Waals surface area contributed by atoms with E-state index in [4.69, 9.17) is 10.5 Å². The summed E-state index contributed by atoms with van der Waals surface area (Å²) in [6.45, 7) is 2.17. The van der Waals surface area contributed by atoms with E-state index in [-0.39, 0.29) is 5.97 Å². The standard InChI is InChI=1S/C14H19NO2S/c1-2-17-14(16)12-9-11(7-8-13(12)15)18-10-5-3-4-6-10/h7-10H,2-6,15H2,1H3. The van der Waals surface area contributed by atoms with Crippen LogP contribution in [0.2, 0.25) is 0 Å². The highest BCUT2D eigenvalue weighted by Crippen LogP contribution is 2.35. The summed E-state index contributed by atoms with van der Waals surface area (Å²) in [5.74, 6) is -0.330. The van der Waals surface area contributed by atoms with Gasteiger partial charge in [0.15, 0.2) is 0 Å². The van der Waals surface area contributed by atoms with Crippen LogP contribution in [-0.4, -0.2) is 17.8 Å². The van der Waals surface area contributed by atoms with Crippen LogP contribution in [0.15, 0.2) is 23.1 Å². The molecule has 1 fully saturated rings. The summed E-state index contributed by atoms with van der Waals surface area (Å²) in [5, 5.41) is 0.684. The summed E-state index contributed by atoms with van der Waals surface area (Å²) < 4.78 is 5.01. The number of anilines is 1. The highest BCUT2D eigenvalue weighted by molar-refractivity contribution is 8.00. The molecule has 1 saturated carbocycles. The lowest BCUT2D eigenvalue weighted by molar-refractivity contribution is 0.0527. The Bertz CT molecular complexity index is 428. The average Bonchev–Trinajstić information content (AvgIpc) is 2.84. The molecule has 2 N–H and O–H groups in total. The Kier molecular flexibility index (Phi) is 4.53. The van der Waals surface area contributed by atoms with E-state index < -0.39 is 0 Å². The third-order valence-electron chi connectivity index (χ3n) is 3.13. The Labute approximate surface area is 112 Å². The van der Waals surface area contributed by atoms with Crippen LogP contribution >= 0.6 is 11.8 Å². The predicted molar refractivity (Wildman–Crippen MR) is 74.9 cm³/mol. The van der Waals surface area contributed by atoms with Crippen LogP contribution in [0.4, 0.5) is 5.69 Å². The Morgan fingerprint density at radius 1 is 1.44 bits per heavy atom. The third kappa shape index (κ3) is 3.19. The predicted octanol–water partition coefficient (Wildman–Crippen LogP) is 3.48. The number of nitrogen functional groups attached to an aromatic ring is 1. The van der Waals surface area contributed by atoms with Gasteiger partial charge in [-0.2, -0.15) is 0 Å². The molecule has 0 amide bonds. The molecule has 0 aromatic heterocycles. The Morgan fingerprint density at radius 2 is 2.17 bits per heavy atom. The molecular weight excluding hydrogens is 246 g/mol. The number of nitrogens with two attached hydrogens (primary N) is 1. The van der Waals surface area contributed by atoms with E-state index >= 15 is 0 Å². The van der Waals surface area contributed by atoms with Crippen molar-refractivity contribution >= 4 is 23.4 Å². The second-order valence-corrected chi connectivity index (χ2v) is 5.87. The van der Waals surface area contributed by atoms with Gasteiger partial charge in [-0.05, 0) is 38.0 Å². The van der Waals surface area contributed by atoms with Crippen molar-refractivity contribution in [3.05, 3.63) is 23.8 Å². The van der Waals surface area contributed by atoms with Crippen LogP contribution < -0.4 is 5.73 Å². The summed E-state index contributed by atoms with van der Waals surface area (Å²) in [7, 11) is 0. The maximum Gasteiger partial charge on any atom is 0.340 e. The molecule has 0 heterocycles. The van der Waals surface area contributed by atoms with Crippen molar-refractivity contribution in [3.8, 4) is 0 Å². The molecule has 1 aromatic rings. The minimum absolute atomic E-state index is 0.330. The van der Waals surface area contributed by atoms with Crippen LogP contribution in [0.1, 0.15) is 43.0 Å². The molecule has 0 aliphatic heterocycles. The van der Waals surface area contributed by atoms with Gasteiger partial charge in [-0.3, -0.25) is 0 Å². The van der Waals surface area contributed by atoms with Crippen LogP contribution in [0.5, 0.6) is 0 Å². The van der Waals surface area contributed by atoms with Crippen LogP contribution in [0.25, 0.3) is 0 Å². The lowest BCUT2D eigenvalue weighted by atomic mass is 10.2. The number of esters is 1. The van der Waals surface area contributed by atoms with Gasteiger partial charge in [0.2, 0.25) is 0 Å². The molecule has 3 nitrogen and oxygen atoms in total. The molecule has 18 heavy (non-hydrogen) atoms. The van der Waals surface area contributed by atoms with Crippen LogP contribution in [0, 0.1) is 0 Å². The molecule has 2 rings (SSSR count). The lowest BCUT2D eigenvalue weighted by Gasteiger charge is -2.11. The number of carbonyl (C=O) groups is 1. The monoisotopic (exact) mass is 265 g/mol. The molecule has 0 spiro atoms. The van der Waals surface area contributed by atoms with Crippen molar-refractivity contribution in [1.29, 1.82) is 0 Å². The van der Waals surface area contributed by atoms with Gasteiger partial charge in [-0.15, -0.1) is 11.8 Å². The summed E-state index contributed by atoms with van der Waals surface area (Å²) in [6.07, 6.45) is 5.17. The molecule has 0 bridgehead atoms. The largest absolute Gasteiger partial charge is 0.462 e. The van der Waals surface area contributed by atoms with Crippen molar-refractivity contribution in [1.82, 2.24) is 0 Å². The summed E-state index contributed by atoms with van der Waals surface area (Å²) in [4.78, 5) is 12.9. The molecular formula is C14H19NO2S. The van der Waals surface area contributed by atoms with Crippen molar-refractivity contribution in [3.63, 3.8) is 0 Å². The van der Waals surface area contributed by atoms with Crippen molar-refractivity contribution in [2.24, 2.45) is 0 Å². The van der Waals surface area contributed by atoms with Crippen molar-refractivity contribution < 1.29 is 9.53 Å². The van der Waals surface area contributed by atoms with Gasteiger partial charge in [0.05, 0.1) is 12.2 Å². The average molecular weight is 265 g/mol. The molecule has 1 aliphatic rings. The molecule has 0 radical (unpaired) electrons. The number of carbonyl (C=O) groups excluding carboxylic acids is 1. The van der Waals surface area contributed by atoms with Crippen molar-refractivity contribution in [2.75, 3.05) is 12.3 Å². The number of benzene rings is 1. The fourth-order valence-corrected chi connectivity index (χ4v) is 3.48. The van der Waals surface area contributed by atoms with Gasteiger partial charge in [0.25, 0.3) is 0 Å². The second kappa shape index (κ2) is 6.14. The zero-order valence-corrected chi connectivity index (χ0v) is 11.5. The normalized spacial score (nSPS) is 15.8. The highest BCUT2D eigenvalue weighted by atomic mass is 32.2. The number of thioether (sulfide) groups is 1. The molecule has 0 atom stereocenters. The maximum atomic E-state index is 11.7. The molecule has 1 aliphatic carbocycles. The van der Waals surface area contributed by atoms with E-state index in [1.807, 2.05) is 23.9 Å². The van der Waals surface area contributed by atoms with Crippen LogP contribution in [0.3, 0.4) is 0 Å². The van der Waals surface area contributed by atoms with Crippen LogP contribution in [-0.2, 0) is 4.74 Å². The third-order valence-corrected chi connectivity index (χ3v) is 4.46. The lowest BCUT2D eigenvalue weighted by Crippen LogP contribution is -2.08. The fourth-order valence-electron chi connectivity index (χ4n) is 2.19.